The molecule has 0 heterocycles. The predicted molar refractivity (Wildman–Crippen MR) is 78.6 cm³/mol. The molecule has 6 nitrogen and oxygen atoms in total. The van der Waals surface area contributed by atoms with E-state index in [2.05, 4.69) is 0 Å². The van der Waals surface area contributed by atoms with Crippen molar-refractivity contribution in [3.8, 4) is 0 Å². The van der Waals surface area contributed by atoms with Crippen molar-refractivity contribution in [2.75, 3.05) is 20.4 Å². The zero-order chi connectivity index (χ0) is 16.2. The second kappa shape index (κ2) is 6.71. The molecule has 0 aliphatic carbocycles. The summed E-state index contributed by atoms with van der Waals surface area (Å²) in [7, 11) is 0.0357. The number of esters is 1. The number of ether oxygens (including phenoxy) is 1. The van der Waals surface area contributed by atoms with Gasteiger partial charge in [0.1, 0.15) is 0 Å². The molecule has 0 bridgehead atoms. The number of nitrogens with zero attached hydrogens (tertiary/aromatic N) is 1. The zero-order valence-electron chi connectivity index (χ0n) is 12.5. The Labute approximate surface area is 124 Å². The molecule has 0 unspecified atom stereocenters. The normalized spacial score (nSPS) is 12.6. The summed E-state index contributed by atoms with van der Waals surface area (Å²) in [5.41, 5.74) is 0.858. The molecule has 1 atom stereocenters. The maximum absolute atomic E-state index is 11.9. The Bertz CT molecular complexity index is 619. The third-order valence-corrected chi connectivity index (χ3v) is 3.55. The van der Waals surface area contributed by atoms with E-state index in [0.717, 1.165) is 6.26 Å². The number of rotatable bonds is 5. The van der Waals surface area contributed by atoms with Crippen molar-refractivity contribution in [2.45, 2.75) is 18.8 Å². The minimum absolute atomic E-state index is 0.0855. The Morgan fingerprint density at radius 3 is 2.14 bits per heavy atom. The first-order valence-electron chi connectivity index (χ1n) is 6.29. The third kappa shape index (κ3) is 5.55. The van der Waals surface area contributed by atoms with Crippen molar-refractivity contribution in [2.24, 2.45) is 0 Å². The fourth-order valence-electron chi connectivity index (χ4n) is 1.68. The topological polar surface area (TPSA) is 80.8 Å². The quantitative estimate of drug-likeness (QED) is 0.753. The lowest BCUT2D eigenvalue weighted by Gasteiger charge is -2.17. The molecule has 0 aliphatic heterocycles. The first-order valence-corrected chi connectivity index (χ1v) is 8.35. The van der Waals surface area contributed by atoms with Crippen LogP contribution < -0.4 is 0 Å². The van der Waals surface area contributed by atoms with Crippen LogP contribution in [0.3, 0.4) is 0 Å². The van der Waals surface area contributed by atoms with Crippen molar-refractivity contribution in [1.29, 1.82) is 0 Å². The second-order valence-electron chi connectivity index (χ2n) is 5.05. The van der Waals surface area contributed by atoms with E-state index in [-0.39, 0.29) is 17.2 Å². The summed E-state index contributed by atoms with van der Waals surface area (Å²) < 4.78 is 27.4. The van der Waals surface area contributed by atoms with E-state index in [9.17, 15) is 18.0 Å². The Balaban J connectivity index is 2.74. The van der Waals surface area contributed by atoms with Crippen molar-refractivity contribution in [3.63, 3.8) is 0 Å². The van der Waals surface area contributed by atoms with E-state index < -0.39 is 21.9 Å². The second-order valence-corrected chi connectivity index (χ2v) is 7.19. The van der Waals surface area contributed by atoms with Crippen molar-refractivity contribution < 1.29 is 22.7 Å². The minimum Gasteiger partial charge on any atom is -0.449 e. The molecule has 0 saturated heterocycles. The molecule has 0 spiro atoms. The van der Waals surface area contributed by atoms with E-state index in [1.807, 2.05) is 0 Å². The van der Waals surface area contributed by atoms with Crippen LogP contribution in [0.1, 0.15) is 22.8 Å². The summed E-state index contributed by atoms with van der Waals surface area (Å²) in [5, 5.41) is 0. The van der Waals surface area contributed by atoms with Gasteiger partial charge in [0.2, 0.25) is 0 Å². The Morgan fingerprint density at radius 1 is 1.19 bits per heavy atom. The highest BCUT2D eigenvalue weighted by Crippen LogP contribution is 2.10. The summed E-state index contributed by atoms with van der Waals surface area (Å²) in [6.07, 6.45) is 0.271. The van der Waals surface area contributed by atoms with Gasteiger partial charge in [-0.1, -0.05) is 12.1 Å². The molecule has 0 aliphatic rings. The maximum Gasteiger partial charge on any atom is 0.338 e. The van der Waals surface area contributed by atoms with E-state index >= 15 is 0 Å². The standard InChI is InChI=1S/C14H19NO5S/c1-10(13(16)15(2)3)20-14(17)12-7-5-11(6-8-12)9-21(4,18)19/h5-8,10H,9H2,1-4H3/t10-/m1/s1. The van der Waals surface area contributed by atoms with Gasteiger partial charge in [-0.25, -0.2) is 13.2 Å². The highest BCUT2D eigenvalue weighted by atomic mass is 32.2. The van der Waals surface area contributed by atoms with Crippen molar-refractivity contribution in [1.82, 2.24) is 4.90 Å². The van der Waals surface area contributed by atoms with Gasteiger partial charge in [-0.2, -0.15) is 0 Å². The van der Waals surface area contributed by atoms with E-state index in [1.165, 1.54) is 24.0 Å². The average molecular weight is 313 g/mol. The molecular weight excluding hydrogens is 294 g/mol. The summed E-state index contributed by atoms with van der Waals surface area (Å²) in [4.78, 5) is 24.8. The smallest absolute Gasteiger partial charge is 0.338 e. The molecule has 1 aromatic rings. The Kier molecular flexibility index (Phi) is 5.48. The molecular formula is C14H19NO5S. The maximum atomic E-state index is 11.9. The minimum atomic E-state index is -3.12. The summed E-state index contributed by atoms with van der Waals surface area (Å²) in [6.45, 7) is 1.50. The molecule has 0 N–H and O–H groups in total. The predicted octanol–water partition coefficient (Wildman–Crippen LogP) is 0.865. The lowest BCUT2D eigenvalue weighted by Crippen LogP contribution is -2.34. The SMILES string of the molecule is C[C@@H](OC(=O)c1ccc(CS(C)(=O)=O)cc1)C(=O)N(C)C. The van der Waals surface area contributed by atoms with E-state index in [0.29, 0.717) is 5.56 Å². The lowest BCUT2D eigenvalue weighted by atomic mass is 10.1. The van der Waals surface area contributed by atoms with Crippen LogP contribution >= 0.6 is 0 Å². The van der Waals surface area contributed by atoms with Crippen LogP contribution in [0.15, 0.2) is 24.3 Å². The van der Waals surface area contributed by atoms with Gasteiger partial charge in [0.15, 0.2) is 15.9 Å². The average Bonchev–Trinajstić information content (AvgIpc) is 2.36. The van der Waals surface area contributed by atoms with Crippen molar-refractivity contribution in [3.05, 3.63) is 35.4 Å². The van der Waals surface area contributed by atoms with Crippen LogP contribution in [0, 0.1) is 0 Å². The van der Waals surface area contributed by atoms with Gasteiger partial charge in [0, 0.05) is 20.4 Å². The number of carbonyl (C=O) groups excluding carboxylic acids is 2. The molecule has 0 aromatic heterocycles. The number of amides is 1. The van der Waals surface area contributed by atoms with Crippen LogP contribution in [0.5, 0.6) is 0 Å². The molecule has 0 saturated carbocycles. The van der Waals surface area contributed by atoms with Crippen LogP contribution in [0.25, 0.3) is 0 Å². The van der Waals surface area contributed by atoms with Gasteiger partial charge < -0.3 is 9.64 Å². The number of likely N-dealkylation sites (N-methyl/N-ethyl adjacent to an activating group) is 1. The van der Waals surface area contributed by atoms with E-state index in [4.69, 9.17) is 4.74 Å². The number of carbonyl (C=O) groups is 2. The molecule has 0 radical (unpaired) electrons. The summed E-state index contributed by atoms with van der Waals surface area (Å²) in [5.74, 6) is -1.02. The van der Waals surface area contributed by atoms with Crippen LogP contribution in [0.2, 0.25) is 0 Å². The monoisotopic (exact) mass is 313 g/mol. The molecule has 1 aromatic carbocycles. The third-order valence-electron chi connectivity index (χ3n) is 2.69. The van der Waals surface area contributed by atoms with Crippen molar-refractivity contribution >= 4 is 21.7 Å². The number of hydrogen-bond donors (Lipinski definition) is 0. The van der Waals surface area contributed by atoms with Gasteiger partial charge in [0.05, 0.1) is 11.3 Å². The number of hydrogen-bond acceptors (Lipinski definition) is 5. The highest BCUT2D eigenvalue weighted by molar-refractivity contribution is 7.89. The Hall–Kier alpha value is -1.89. The largest absolute Gasteiger partial charge is 0.449 e. The van der Waals surface area contributed by atoms with Gasteiger partial charge in [0.25, 0.3) is 5.91 Å². The van der Waals surface area contributed by atoms with Crippen LogP contribution in [-0.4, -0.2) is 51.6 Å². The Morgan fingerprint density at radius 2 is 1.71 bits per heavy atom. The molecule has 1 amide bonds. The molecule has 1 rings (SSSR count). The van der Waals surface area contributed by atoms with Gasteiger partial charge in [-0.3, -0.25) is 4.79 Å². The first kappa shape index (κ1) is 17.2. The molecule has 0 fully saturated rings. The highest BCUT2D eigenvalue weighted by Gasteiger charge is 2.20. The lowest BCUT2D eigenvalue weighted by molar-refractivity contribution is -0.137. The zero-order valence-corrected chi connectivity index (χ0v) is 13.3. The first-order chi connectivity index (χ1) is 9.60. The van der Waals surface area contributed by atoms with Crippen LogP contribution in [-0.2, 0) is 25.1 Å². The molecule has 7 heteroatoms. The number of sulfone groups is 1. The molecule has 21 heavy (non-hydrogen) atoms. The van der Waals surface area contributed by atoms with E-state index in [1.54, 1.807) is 26.2 Å². The molecule has 116 valence electrons. The number of benzene rings is 1. The van der Waals surface area contributed by atoms with Crippen LogP contribution in [0.4, 0.5) is 0 Å². The summed E-state index contributed by atoms with van der Waals surface area (Å²) in [6, 6.07) is 6.07. The van der Waals surface area contributed by atoms with Gasteiger partial charge in [-0.15, -0.1) is 0 Å². The fraction of sp³-hybridized carbons (Fsp3) is 0.429. The van der Waals surface area contributed by atoms with Gasteiger partial charge in [-0.05, 0) is 24.6 Å². The summed E-state index contributed by atoms with van der Waals surface area (Å²) >= 11 is 0. The van der Waals surface area contributed by atoms with Gasteiger partial charge >= 0.3 is 5.97 Å². The fourth-order valence-corrected chi connectivity index (χ4v) is 2.48.